The second-order valence-electron chi connectivity index (χ2n) is 5.02. The van der Waals surface area contributed by atoms with E-state index < -0.39 is 0 Å². The minimum atomic E-state index is -0.0317. The first-order valence-corrected chi connectivity index (χ1v) is 6.84. The summed E-state index contributed by atoms with van der Waals surface area (Å²) in [7, 11) is 1.81. The number of carbonyl (C=O) groups is 1. The van der Waals surface area contributed by atoms with Gasteiger partial charge in [-0.2, -0.15) is 5.10 Å². The highest BCUT2D eigenvalue weighted by atomic mass is 16.1. The number of hydrogen-bond donors (Lipinski definition) is 1. The first-order valence-electron chi connectivity index (χ1n) is 6.84. The van der Waals surface area contributed by atoms with Gasteiger partial charge in [0.1, 0.15) is 5.82 Å². The lowest BCUT2D eigenvalue weighted by atomic mass is 10.3. The van der Waals surface area contributed by atoms with E-state index in [1.165, 1.54) is 0 Å². The van der Waals surface area contributed by atoms with Gasteiger partial charge in [0.15, 0.2) is 0 Å². The molecular weight excluding hydrogens is 266 g/mol. The molecule has 3 rings (SSSR count). The molecule has 21 heavy (non-hydrogen) atoms. The highest BCUT2D eigenvalue weighted by Crippen LogP contribution is 2.13. The maximum Gasteiger partial charge on any atom is 0.227 e. The summed E-state index contributed by atoms with van der Waals surface area (Å²) in [5.41, 5.74) is 2.87. The fourth-order valence-corrected chi connectivity index (χ4v) is 2.34. The average molecular weight is 283 g/mol. The van der Waals surface area contributed by atoms with E-state index in [-0.39, 0.29) is 5.91 Å². The molecule has 0 aliphatic carbocycles. The molecule has 6 heteroatoms. The molecule has 0 saturated heterocycles. The molecule has 1 amide bonds. The second-order valence-corrected chi connectivity index (χ2v) is 5.02. The van der Waals surface area contributed by atoms with Gasteiger partial charge in [-0.15, -0.1) is 0 Å². The molecule has 108 valence electrons. The van der Waals surface area contributed by atoms with Gasteiger partial charge in [0.05, 0.1) is 23.1 Å². The number of nitrogens with zero attached hydrogens (tertiary/aromatic N) is 4. The predicted octanol–water partition coefficient (Wildman–Crippen LogP) is 2.11. The van der Waals surface area contributed by atoms with Gasteiger partial charge >= 0.3 is 0 Å². The minimum Gasteiger partial charge on any atom is -0.330 e. The smallest absolute Gasteiger partial charge is 0.227 e. The Balaban J connectivity index is 1.65. The fourth-order valence-electron chi connectivity index (χ4n) is 2.34. The zero-order valence-electron chi connectivity index (χ0n) is 12.1. The van der Waals surface area contributed by atoms with Crippen LogP contribution in [0.3, 0.4) is 0 Å². The first kappa shape index (κ1) is 13.4. The summed E-state index contributed by atoms with van der Waals surface area (Å²) in [6.07, 6.45) is 2.16. The van der Waals surface area contributed by atoms with Gasteiger partial charge in [0.2, 0.25) is 5.91 Å². The monoisotopic (exact) mass is 283 g/mol. The van der Waals surface area contributed by atoms with Crippen molar-refractivity contribution in [2.24, 2.45) is 7.05 Å². The highest BCUT2D eigenvalue weighted by molar-refractivity contribution is 5.90. The summed E-state index contributed by atoms with van der Waals surface area (Å²) in [4.78, 5) is 16.3. The van der Waals surface area contributed by atoms with E-state index >= 15 is 0 Å². The molecule has 0 saturated carbocycles. The summed E-state index contributed by atoms with van der Waals surface area (Å²) < 4.78 is 3.66. The van der Waals surface area contributed by atoms with Gasteiger partial charge in [-0.05, 0) is 19.1 Å². The molecule has 0 spiro atoms. The lowest BCUT2D eigenvalue weighted by Gasteiger charge is -2.06. The molecule has 0 fully saturated rings. The molecule has 2 heterocycles. The van der Waals surface area contributed by atoms with Crippen LogP contribution in [0.1, 0.15) is 12.1 Å². The molecule has 3 aromatic rings. The summed E-state index contributed by atoms with van der Waals surface area (Å²) in [6, 6.07) is 9.75. The van der Waals surface area contributed by atoms with Crippen molar-refractivity contribution in [3.05, 3.63) is 42.4 Å². The molecule has 0 aliphatic heterocycles. The van der Waals surface area contributed by atoms with Crippen molar-refractivity contribution in [2.75, 3.05) is 5.32 Å². The number of anilines is 1. The Morgan fingerprint density at radius 1 is 1.33 bits per heavy atom. The molecule has 0 aliphatic rings. The Morgan fingerprint density at radius 3 is 2.90 bits per heavy atom. The van der Waals surface area contributed by atoms with Gasteiger partial charge in [0, 0.05) is 26.1 Å². The summed E-state index contributed by atoms with van der Waals surface area (Å²) in [6.45, 7) is 2.50. The molecule has 1 aromatic carbocycles. The Kier molecular flexibility index (Phi) is 3.43. The number of fused-ring (bicyclic) bond motifs is 1. The number of rotatable bonds is 4. The van der Waals surface area contributed by atoms with Gasteiger partial charge in [-0.3, -0.25) is 9.48 Å². The van der Waals surface area contributed by atoms with E-state index in [2.05, 4.69) is 15.4 Å². The van der Waals surface area contributed by atoms with Gasteiger partial charge in [0.25, 0.3) is 0 Å². The maximum atomic E-state index is 12.0. The van der Waals surface area contributed by atoms with Crippen molar-refractivity contribution in [3.63, 3.8) is 0 Å². The lowest BCUT2D eigenvalue weighted by molar-refractivity contribution is -0.116. The van der Waals surface area contributed by atoms with Gasteiger partial charge < -0.3 is 9.88 Å². The standard InChI is InChI=1S/C15H17N5O/c1-11-9-14(19(2)18-11)17-15(21)7-8-20-10-16-12-5-3-4-6-13(12)20/h3-6,9-10H,7-8H2,1-2H3,(H,17,21). The number of aryl methyl sites for hydroxylation is 3. The van der Waals surface area contributed by atoms with Crippen molar-refractivity contribution in [1.29, 1.82) is 0 Å². The number of imidazole rings is 1. The minimum absolute atomic E-state index is 0.0317. The predicted molar refractivity (Wildman–Crippen MR) is 80.9 cm³/mol. The van der Waals surface area contributed by atoms with E-state index in [1.54, 1.807) is 11.0 Å². The van der Waals surface area contributed by atoms with E-state index in [1.807, 2.05) is 48.9 Å². The van der Waals surface area contributed by atoms with Crippen molar-refractivity contribution >= 4 is 22.8 Å². The van der Waals surface area contributed by atoms with E-state index in [0.29, 0.717) is 18.8 Å². The molecule has 0 radical (unpaired) electrons. The summed E-state index contributed by atoms with van der Waals surface area (Å²) >= 11 is 0. The molecule has 0 bridgehead atoms. The largest absolute Gasteiger partial charge is 0.330 e. The molecule has 2 aromatic heterocycles. The molecule has 0 unspecified atom stereocenters. The number of benzene rings is 1. The number of para-hydroxylation sites is 2. The summed E-state index contributed by atoms with van der Waals surface area (Å²) in [5.74, 6) is 0.684. The van der Waals surface area contributed by atoms with Crippen LogP contribution in [0.2, 0.25) is 0 Å². The summed E-state index contributed by atoms with van der Waals surface area (Å²) in [5, 5.41) is 7.07. The number of hydrogen-bond acceptors (Lipinski definition) is 3. The Bertz CT molecular complexity index is 786. The number of amides is 1. The van der Waals surface area contributed by atoms with Gasteiger partial charge in [-0.1, -0.05) is 12.1 Å². The van der Waals surface area contributed by atoms with Crippen LogP contribution in [0.5, 0.6) is 0 Å². The van der Waals surface area contributed by atoms with E-state index in [4.69, 9.17) is 0 Å². The topological polar surface area (TPSA) is 64.7 Å². The number of carbonyl (C=O) groups excluding carboxylic acids is 1. The number of nitrogens with one attached hydrogen (secondary N) is 1. The van der Waals surface area contributed by atoms with Crippen LogP contribution in [0.15, 0.2) is 36.7 Å². The van der Waals surface area contributed by atoms with Crippen LogP contribution in [0, 0.1) is 6.92 Å². The average Bonchev–Trinajstić information content (AvgIpc) is 3.00. The van der Waals surface area contributed by atoms with Crippen LogP contribution < -0.4 is 5.32 Å². The molecule has 6 nitrogen and oxygen atoms in total. The normalized spacial score (nSPS) is 11.0. The van der Waals surface area contributed by atoms with Crippen LogP contribution >= 0.6 is 0 Å². The van der Waals surface area contributed by atoms with Gasteiger partial charge in [-0.25, -0.2) is 4.98 Å². The third-order valence-electron chi connectivity index (χ3n) is 3.38. The zero-order chi connectivity index (χ0) is 14.8. The quantitative estimate of drug-likeness (QED) is 0.797. The van der Waals surface area contributed by atoms with Crippen molar-refractivity contribution in [3.8, 4) is 0 Å². The second kappa shape index (κ2) is 5.40. The van der Waals surface area contributed by atoms with Crippen LogP contribution in [0.4, 0.5) is 5.82 Å². The lowest BCUT2D eigenvalue weighted by Crippen LogP contribution is -2.16. The third-order valence-corrected chi connectivity index (χ3v) is 3.38. The number of aromatic nitrogens is 4. The third kappa shape index (κ3) is 2.79. The van der Waals surface area contributed by atoms with Crippen molar-refractivity contribution in [1.82, 2.24) is 19.3 Å². The fraction of sp³-hybridized carbons (Fsp3) is 0.267. The maximum absolute atomic E-state index is 12.0. The molecule has 1 N–H and O–H groups in total. The Morgan fingerprint density at radius 2 is 2.14 bits per heavy atom. The van der Waals surface area contributed by atoms with Crippen LogP contribution in [-0.4, -0.2) is 25.2 Å². The molecular formula is C15H17N5O. The zero-order valence-corrected chi connectivity index (χ0v) is 12.1. The van der Waals surface area contributed by atoms with Crippen LogP contribution in [0.25, 0.3) is 11.0 Å². The SMILES string of the molecule is Cc1cc(NC(=O)CCn2cnc3ccccc32)n(C)n1. The van der Waals surface area contributed by atoms with Crippen LogP contribution in [-0.2, 0) is 18.4 Å². The van der Waals surface area contributed by atoms with Crippen molar-refractivity contribution < 1.29 is 4.79 Å². The Labute approximate surface area is 122 Å². The molecule has 0 atom stereocenters. The highest BCUT2D eigenvalue weighted by Gasteiger charge is 2.08. The van der Waals surface area contributed by atoms with E-state index in [9.17, 15) is 4.79 Å². The van der Waals surface area contributed by atoms with Crippen molar-refractivity contribution in [2.45, 2.75) is 19.9 Å². The Hall–Kier alpha value is -2.63. The first-order chi connectivity index (χ1) is 10.1. The van der Waals surface area contributed by atoms with E-state index in [0.717, 1.165) is 16.7 Å².